The number of halogens is 1. The van der Waals surface area contributed by atoms with Gasteiger partial charge in [0.05, 0.1) is 18.4 Å². The molecule has 0 saturated heterocycles. The number of thioether (sulfide) groups is 1. The van der Waals surface area contributed by atoms with Crippen LogP contribution in [-0.2, 0) is 9.57 Å². The van der Waals surface area contributed by atoms with Gasteiger partial charge in [-0.15, -0.1) is 0 Å². The third-order valence-corrected chi connectivity index (χ3v) is 7.62. The minimum absolute atomic E-state index is 0.162. The molecule has 1 aliphatic rings. The number of hydrogen-bond acceptors (Lipinski definition) is 10. The number of hydrogen-bond donors (Lipinski definition) is 4. The summed E-state index contributed by atoms with van der Waals surface area (Å²) in [4.78, 5) is 36.7. The first-order chi connectivity index (χ1) is 19.9. The van der Waals surface area contributed by atoms with Crippen molar-refractivity contribution < 1.29 is 23.6 Å². The van der Waals surface area contributed by atoms with E-state index in [9.17, 15) is 14.0 Å². The van der Waals surface area contributed by atoms with E-state index in [1.807, 2.05) is 0 Å². The van der Waals surface area contributed by atoms with Crippen LogP contribution in [0, 0.1) is 5.82 Å². The summed E-state index contributed by atoms with van der Waals surface area (Å²) in [6.07, 6.45) is 5.94. The Bertz CT molecular complexity index is 1270. The van der Waals surface area contributed by atoms with Gasteiger partial charge in [-0.2, -0.15) is 5.10 Å². The highest BCUT2D eigenvalue weighted by molar-refractivity contribution is 8.13. The number of ether oxygens (including phenoxy) is 1. The predicted molar refractivity (Wildman–Crippen MR) is 162 cm³/mol. The molecule has 0 spiro atoms. The average Bonchev–Trinajstić information content (AvgIpc) is 3.47. The molecule has 2 amide bonds. The largest absolute Gasteiger partial charge is 0.444 e. The lowest BCUT2D eigenvalue weighted by atomic mass is 9.99. The molecule has 0 bridgehead atoms. The summed E-state index contributed by atoms with van der Waals surface area (Å²) in [5.41, 5.74) is 3.62. The third kappa shape index (κ3) is 9.46. The van der Waals surface area contributed by atoms with Gasteiger partial charge in [0.2, 0.25) is 5.17 Å². The maximum atomic E-state index is 15.0. The van der Waals surface area contributed by atoms with Crippen LogP contribution in [0.3, 0.4) is 0 Å². The van der Waals surface area contributed by atoms with Gasteiger partial charge in [0, 0.05) is 31.2 Å². The number of amidine groups is 1. The number of nitrogens with two attached hydrogens (primary N) is 2. The highest BCUT2D eigenvalue weighted by atomic mass is 32.2. The number of pyridine rings is 1. The van der Waals surface area contributed by atoms with Crippen molar-refractivity contribution in [2.24, 2.45) is 16.8 Å². The van der Waals surface area contributed by atoms with Gasteiger partial charge in [0.15, 0.2) is 11.6 Å². The van der Waals surface area contributed by atoms with Crippen molar-refractivity contribution in [1.29, 1.82) is 0 Å². The van der Waals surface area contributed by atoms with Gasteiger partial charge >= 0.3 is 6.09 Å². The number of aromatic nitrogens is 1. The van der Waals surface area contributed by atoms with Gasteiger partial charge in [-0.25, -0.2) is 20.0 Å². The monoisotopic (exact) mass is 604 g/mol. The number of nitrogens with one attached hydrogen (secondary N) is 2. The second-order valence-corrected chi connectivity index (χ2v) is 12.0. The minimum atomic E-state index is -0.597. The topological polar surface area (TPSA) is 160 Å². The zero-order valence-electron chi connectivity index (χ0n) is 24.8. The van der Waals surface area contributed by atoms with E-state index in [4.69, 9.17) is 21.3 Å². The number of amides is 2. The normalized spacial score (nSPS) is 14.0. The molecule has 1 aliphatic carbocycles. The number of anilines is 2. The number of benzene rings is 1. The molecule has 0 aliphatic heterocycles. The van der Waals surface area contributed by atoms with Gasteiger partial charge in [0.1, 0.15) is 5.60 Å². The first-order valence-corrected chi connectivity index (χ1v) is 14.6. The summed E-state index contributed by atoms with van der Waals surface area (Å²) < 4.78 is 20.3. The molecule has 0 radical (unpaired) electrons. The van der Waals surface area contributed by atoms with Crippen molar-refractivity contribution in [3.63, 3.8) is 0 Å². The molecule has 42 heavy (non-hydrogen) atoms. The number of carbonyl (C=O) groups is 2. The molecule has 230 valence electrons. The van der Waals surface area contributed by atoms with E-state index in [0.717, 1.165) is 43.0 Å². The minimum Gasteiger partial charge on any atom is -0.444 e. The van der Waals surface area contributed by atoms with Crippen LogP contribution in [0.2, 0.25) is 0 Å². The molecule has 1 fully saturated rings. The lowest BCUT2D eigenvalue weighted by Gasteiger charge is -2.25. The molecule has 12 nitrogen and oxygen atoms in total. The molecule has 1 heterocycles. The second-order valence-electron chi connectivity index (χ2n) is 11.0. The Morgan fingerprint density at radius 2 is 1.93 bits per heavy atom. The van der Waals surface area contributed by atoms with Crippen molar-refractivity contribution in [2.75, 3.05) is 38.0 Å². The lowest BCUT2D eigenvalue weighted by Crippen LogP contribution is -2.40. The van der Waals surface area contributed by atoms with Crippen LogP contribution in [-0.4, -0.2) is 64.9 Å². The fourth-order valence-corrected chi connectivity index (χ4v) is 5.30. The first kappa shape index (κ1) is 32.9. The van der Waals surface area contributed by atoms with E-state index in [1.54, 1.807) is 52.2 Å². The van der Waals surface area contributed by atoms with Gasteiger partial charge < -0.3 is 20.8 Å². The van der Waals surface area contributed by atoms with Crippen LogP contribution < -0.4 is 22.5 Å². The first-order valence-electron chi connectivity index (χ1n) is 13.7. The average molecular weight is 605 g/mol. The van der Waals surface area contributed by atoms with E-state index in [0.29, 0.717) is 36.0 Å². The molecular weight excluding hydrogens is 563 g/mol. The number of hydrazone groups is 1. The van der Waals surface area contributed by atoms with Crippen molar-refractivity contribution >= 4 is 40.4 Å². The van der Waals surface area contributed by atoms with Crippen molar-refractivity contribution in [3.8, 4) is 0 Å². The molecule has 6 N–H and O–H groups in total. The Balaban J connectivity index is 1.70. The standard InChI is InChI=1S/C28H41FN8O4S/c1-28(2,3)41-27(39)36(4)13-8-14-37(31)26(34-30)42-23-12-11-20(35-40-5)16-21(23)25(38)33-24-22(29)15-19(17-32-24)18-9-6-7-10-18/h11-12,15-18,35H,6-10,13-14,30-31H2,1-5H3,(H,32,33,38)/b34-26+. The lowest BCUT2D eigenvalue weighted by molar-refractivity contribution is 0.0295. The number of hydrazine groups is 1. The summed E-state index contributed by atoms with van der Waals surface area (Å²) in [6, 6.07) is 6.37. The fourth-order valence-electron chi connectivity index (χ4n) is 4.44. The maximum Gasteiger partial charge on any atom is 0.410 e. The van der Waals surface area contributed by atoms with Gasteiger partial charge in [-0.3, -0.25) is 20.1 Å². The second kappa shape index (κ2) is 15.0. The Kier molecular flexibility index (Phi) is 11.8. The smallest absolute Gasteiger partial charge is 0.410 e. The van der Waals surface area contributed by atoms with E-state index in [1.165, 1.54) is 23.1 Å². The SMILES string of the molecule is CONc1ccc(S/C(=N/N)N(N)CCCN(C)C(=O)OC(C)(C)C)c(C(=O)Nc2ncc(C3CCCC3)cc2F)c1. The van der Waals surface area contributed by atoms with E-state index in [-0.39, 0.29) is 16.5 Å². The summed E-state index contributed by atoms with van der Waals surface area (Å²) in [6.45, 7) is 6.09. The molecule has 1 aromatic carbocycles. The quantitative estimate of drug-likeness (QED) is 0.0969. The number of rotatable bonds is 10. The Hall–Kier alpha value is -3.62. The van der Waals surface area contributed by atoms with E-state index >= 15 is 0 Å². The predicted octanol–water partition coefficient (Wildman–Crippen LogP) is 4.86. The third-order valence-electron chi connectivity index (χ3n) is 6.52. The van der Waals surface area contributed by atoms with Crippen LogP contribution in [0.15, 0.2) is 40.5 Å². The summed E-state index contributed by atoms with van der Waals surface area (Å²) in [7, 11) is 3.08. The number of nitrogens with zero attached hydrogens (tertiary/aromatic N) is 4. The summed E-state index contributed by atoms with van der Waals surface area (Å²) in [5.74, 6) is 10.8. The van der Waals surface area contributed by atoms with Gasteiger partial charge in [0.25, 0.3) is 5.91 Å². The van der Waals surface area contributed by atoms with Crippen LogP contribution in [0.4, 0.5) is 20.7 Å². The summed E-state index contributed by atoms with van der Waals surface area (Å²) >= 11 is 1.06. The molecule has 0 atom stereocenters. The summed E-state index contributed by atoms with van der Waals surface area (Å²) in [5, 5.41) is 7.93. The Labute approximate surface area is 250 Å². The molecule has 14 heteroatoms. The van der Waals surface area contributed by atoms with E-state index in [2.05, 4.69) is 20.9 Å². The molecule has 1 saturated carbocycles. The zero-order chi connectivity index (χ0) is 30.9. The van der Waals surface area contributed by atoms with Crippen LogP contribution in [0.1, 0.15) is 74.7 Å². The molecule has 3 rings (SSSR count). The maximum absolute atomic E-state index is 15.0. The van der Waals surface area contributed by atoms with Gasteiger partial charge in [-0.05, 0) is 87.5 Å². The highest BCUT2D eigenvalue weighted by Crippen LogP contribution is 2.35. The molecule has 2 aromatic rings. The van der Waals surface area contributed by atoms with Crippen molar-refractivity contribution in [1.82, 2.24) is 14.9 Å². The van der Waals surface area contributed by atoms with Crippen molar-refractivity contribution in [2.45, 2.75) is 69.3 Å². The highest BCUT2D eigenvalue weighted by Gasteiger charge is 2.23. The van der Waals surface area contributed by atoms with Crippen LogP contribution in [0.5, 0.6) is 0 Å². The molecular formula is C28H41FN8O4S. The Morgan fingerprint density at radius 3 is 2.55 bits per heavy atom. The zero-order valence-corrected chi connectivity index (χ0v) is 25.6. The van der Waals surface area contributed by atoms with E-state index < -0.39 is 23.4 Å². The number of carbonyl (C=O) groups excluding carboxylic acids is 2. The van der Waals surface area contributed by atoms with Crippen LogP contribution >= 0.6 is 11.8 Å². The molecule has 1 aromatic heterocycles. The Morgan fingerprint density at radius 1 is 1.21 bits per heavy atom. The van der Waals surface area contributed by atoms with Crippen LogP contribution in [0.25, 0.3) is 0 Å². The fraction of sp³-hybridized carbons (Fsp3) is 0.500. The molecule has 0 unspecified atom stereocenters. The van der Waals surface area contributed by atoms with Crippen molar-refractivity contribution in [3.05, 3.63) is 47.4 Å². The van der Waals surface area contributed by atoms with Gasteiger partial charge in [-0.1, -0.05) is 12.8 Å².